The summed E-state index contributed by atoms with van der Waals surface area (Å²) in [6.07, 6.45) is 4.85. The number of nitrogens with one attached hydrogen (secondary N) is 1. The molecule has 7 nitrogen and oxygen atoms in total. The average Bonchev–Trinajstić information content (AvgIpc) is 2.94. The first kappa shape index (κ1) is 16.6. The van der Waals surface area contributed by atoms with Crippen LogP contribution in [0.4, 0.5) is 5.69 Å². The van der Waals surface area contributed by atoms with Gasteiger partial charge in [0.2, 0.25) is 5.91 Å². The van der Waals surface area contributed by atoms with E-state index in [1.807, 2.05) is 42.7 Å². The van der Waals surface area contributed by atoms with Crippen LogP contribution in [0.1, 0.15) is 17.8 Å². The largest absolute Gasteiger partial charge is 0.326 e. The van der Waals surface area contributed by atoms with Crippen molar-refractivity contribution in [2.24, 2.45) is 0 Å². The van der Waals surface area contributed by atoms with Crippen molar-refractivity contribution in [3.05, 3.63) is 70.9 Å². The normalized spacial score (nSPS) is 10.6. The SMILES string of the molecule is Cc1ncn(-c2ccc(NC(=O)CCn3cnccc3=O)cc2)c1C. The summed E-state index contributed by atoms with van der Waals surface area (Å²) in [7, 11) is 0. The maximum atomic E-state index is 12.0. The molecule has 1 N–H and O–H groups in total. The molecule has 0 aliphatic carbocycles. The van der Waals surface area contributed by atoms with Gasteiger partial charge in [-0.3, -0.25) is 14.2 Å². The fourth-order valence-electron chi connectivity index (χ4n) is 2.46. The molecule has 2 heterocycles. The minimum Gasteiger partial charge on any atom is -0.326 e. The summed E-state index contributed by atoms with van der Waals surface area (Å²) in [6, 6.07) is 8.91. The van der Waals surface area contributed by atoms with Gasteiger partial charge < -0.3 is 9.88 Å². The molecule has 0 atom stereocenters. The van der Waals surface area contributed by atoms with Crippen molar-refractivity contribution in [1.29, 1.82) is 0 Å². The topological polar surface area (TPSA) is 81.8 Å². The zero-order valence-corrected chi connectivity index (χ0v) is 14.1. The lowest BCUT2D eigenvalue weighted by Gasteiger charge is -2.09. The van der Waals surface area contributed by atoms with Gasteiger partial charge in [0.15, 0.2) is 0 Å². The number of imidazole rings is 1. The molecule has 0 bridgehead atoms. The number of aromatic nitrogens is 4. The number of carbonyl (C=O) groups excluding carboxylic acids is 1. The summed E-state index contributed by atoms with van der Waals surface area (Å²) in [4.78, 5) is 31.8. The third-order valence-corrected chi connectivity index (χ3v) is 4.05. The molecular weight excluding hydrogens is 318 g/mol. The van der Waals surface area contributed by atoms with Crippen LogP contribution < -0.4 is 10.9 Å². The molecule has 3 rings (SSSR count). The Morgan fingerprint density at radius 3 is 2.52 bits per heavy atom. The summed E-state index contributed by atoms with van der Waals surface area (Å²) < 4.78 is 3.41. The van der Waals surface area contributed by atoms with Gasteiger partial charge in [-0.2, -0.15) is 0 Å². The average molecular weight is 337 g/mol. The van der Waals surface area contributed by atoms with Gasteiger partial charge in [-0.05, 0) is 38.1 Å². The summed E-state index contributed by atoms with van der Waals surface area (Å²) >= 11 is 0. The van der Waals surface area contributed by atoms with Gasteiger partial charge in [0.1, 0.15) is 0 Å². The van der Waals surface area contributed by atoms with Gasteiger partial charge >= 0.3 is 0 Å². The van der Waals surface area contributed by atoms with Crippen molar-refractivity contribution in [2.45, 2.75) is 26.8 Å². The molecule has 2 aromatic heterocycles. The molecule has 0 spiro atoms. The Balaban J connectivity index is 1.61. The Labute approximate surface area is 145 Å². The lowest BCUT2D eigenvalue weighted by atomic mass is 10.2. The highest BCUT2D eigenvalue weighted by Gasteiger charge is 2.06. The van der Waals surface area contributed by atoms with E-state index < -0.39 is 0 Å². The maximum absolute atomic E-state index is 12.0. The highest BCUT2D eigenvalue weighted by Crippen LogP contribution is 2.16. The van der Waals surface area contributed by atoms with E-state index in [9.17, 15) is 9.59 Å². The van der Waals surface area contributed by atoms with Crippen LogP contribution in [0.15, 0.2) is 54.0 Å². The molecule has 25 heavy (non-hydrogen) atoms. The van der Waals surface area contributed by atoms with E-state index in [4.69, 9.17) is 0 Å². The monoisotopic (exact) mass is 337 g/mol. The lowest BCUT2D eigenvalue weighted by Crippen LogP contribution is -2.22. The second kappa shape index (κ2) is 7.12. The first-order valence-corrected chi connectivity index (χ1v) is 7.96. The Morgan fingerprint density at radius 2 is 1.88 bits per heavy atom. The van der Waals surface area contributed by atoms with Crippen LogP contribution in [0.25, 0.3) is 5.69 Å². The van der Waals surface area contributed by atoms with E-state index in [2.05, 4.69) is 15.3 Å². The zero-order chi connectivity index (χ0) is 17.8. The van der Waals surface area contributed by atoms with Crippen LogP contribution in [-0.4, -0.2) is 25.0 Å². The number of hydrogen-bond acceptors (Lipinski definition) is 4. The highest BCUT2D eigenvalue weighted by atomic mass is 16.1. The molecule has 0 aliphatic heterocycles. The number of nitrogens with zero attached hydrogens (tertiary/aromatic N) is 4. The van der Waals surface area contributed by atoms with Gasteiger partial charge in [-0.15, -0.1) is 0 Å². The minimum atomic E-state index is -0.168. The maximum Gasteiger partial charge on any atom is 0.253 e. The van der Waals surface area contributed by atoms with Crippen molar-refractivity contribution < 1.29 is 4.79 Å². The number of benzene rings is 1. The highest BCUT2D eigenvalue weighted by molar-refractivity contribution is 5.90. The van der Waals surface area contributed by atoms with E-state index in [0.29, 0.717) is 12.2 Å². The van der Waals surface area contributed by atoms with Gasteiger partial charge in [-0.1, -0.05) is 0 Å². The molecule has 1 amide bonds. The fourth-order valence-corrected chi connectivity index (χ4v) is 2.46. The molecule has 128 valence electrons. The molecule has 0 saturated carbocycles. The van der Waals surface area contributed by atoms with Crippen molar-refractivity contribution >= 4 is 11.6 Å². The van der Waals surface area contributed by atoms with E-state index in [0.717, 1.165) is 17.1 Å². The van der Waals surface area contributed by atoms with E-state index in [1.165, 1.54) is 23.2 Å². The summed E-state index contributed by atoms with van der Waals surface area (Å²) in [5.41, 5.74) is 3.60. The summed E-state index contributed by atoms with van der Waals surface area (Å²) in [6.45, 7) is 4.27. The number of anilines is 1. The van der Waals surface area contributed by atoms with Crippen LogP contribution >= 0.6 is 0 Å². The Hall–Kier alpha value is -3.22. The van der Waals surface area contributed by atoms with Crippen molar-refractivity contribution in [3.8, 4) is 5.69 Å². The van der Waals surface area contributed by atoms with E-state index in [-0.39, 0.29) is 17.9 Å². The molecule has 7 heteroatoms. The molecule has 0 fully saturated rings. The third kappa shape index (κ3) is 3.82. The van der Waals surface area contributed by atoms with E-state index >= 15 is 0 Å². The molecule has 1 aromatic carbocycles. The van der Waals surface area contributed by atoms with Gasteiger partial charge in [-0.25, -0.2) is 9.97 Å². The van der Waals surface area contributed by atoms with Crippen molar-refractivity contribution in [2.75, 3.05) is 5.32 Å². The number of amides is 1. The number of aryl methyl sites for hydroxylation is 2. The molecule has 3 aromatic rings. The Morgan fingerprint density at radius 1 is 1.12 bits per heavy atom. The molecular formula is C18H19N5O2. The molecule has 0 unspecified atom stereocenters. The van der Waals surface area contributed by atoms with Crippen LogP contribution in [0.2, 0.25) is 0 Å². The van der Waals surface area contributed by atoms with Crippen molar-refractivity contribution in [1.82, 2.24) is 19.1 Å². The zero-order valence-electron chi connectivity index (χ0n) is 14.1. The predicted molar refractivity (Wildman–Crippen MR) is 94.8 cm³/mol. The molecule has 0 saturated heterocycles. The van der Waals surface area contributed by atoms with Gasteiger partial charge in [0.25, 0.3) is 5.56 Å². The first-order valence-electron chi connectivity index (χ1n) is 7.96. The first-order chi connectivity index (χ1) is 12.0. The number of hydrogen-bond donors (Lipinski definition) is 1. The molecule has 0 aliphatic rings. The van der Waals surface area contributed by atoms with E-state index in [1.54, 1.807) is 6.33 Å². The number of carbonyl (C=O) groups is 1. The van der Waals surface area contributed by atoms with Crippen molar-refractivity contribution in [3.63, 3.8) is 0 Å². The Bertz CT molecular complexity index is 941. The molecule has 0 radical (unpaired) electrons. The van der Waals surface area contributed by atoms with Crippen LogP contribution in [0, 0.1) is 13.8 Å². The van der Waals surface area contributed by atoms with Crippen LogP contribution in [-0.2, 0) is 11.3 Å². The standard InChI is InChI=1S/C18H19N5O2/c1-13-14(2)23(12-20-13)16-5-3-15(4-6-16)21-17(24)8-10-22-11-19-9-7-18(22)25/h3-7,9,11-12H,8,10H2,1-2H3,(H,21,24). The lowest BCUT2D eigenvalue weighted by molar-refractivity contribution is -0.116. The van der Waals surface area contributed by atoms with Crippen LogP contribution in [0.3, 0.4) is 0 Å². The van der Waals surface area contributed by atoms with Gasteiger partial charge in [0.05, 0.1) is 18.3 Å². The quantitative estimate of drug-likeness (QED) is 0.773. The van der Waals surface area contributed by atoms with Crippen LogP contribution in [0.5, 0.6) is 0 Å². The second-order valence-corrected chi connectivity index (χ2v) is 5.74. The summed E-state index contributed by atoms with van der Waals surface area (Å²) in [5, 5.41) is 2.83. The Kier molecular flexibility index (Phi) is 4.74. The fraction of sp³-hybridized carbons (Fsp3) is 0.222. The smallest absolute Gasteiger partial charge is 0.253 e. The number of rotatable bonds is 5. The predicted octanol–water partition coefficient (Wildman–Crippen LogP) is 2.07. The summed E-state index contributed by atoms with van der Waals surface area (Å²) in [5.74, 6) is -0.154. The second-order valence-electron chi connectivity index (χ2n) is 5.74. The third-order valence-electron chi connectivity index (χ3n) is 4.05. The van der Waals surface area contributed by atoms with Gasteiger partial charge in [0, 0.05) is 42.3 Å². The minimum absolute atomic E-state index is 0.154.